The molecule has 1 unspecified atom stereocenters. The molecule has 0 saturated heterocycles. The minimum absolute atomic E-state index is 0.316. The molecule has 0 amide bonds. The quantitative estimate of drug-likeness (QED) is 0.745. The van der Waals surface area contributed by atoms with Crippen LogP contribution in [-0.4, -0.2) is 22.4 Å². The molecule has 0 radical (unpaired) electrons. The number of hydrogen-bond donors (Lipinski definition) is 1. The molecule has 116 valence electrons. The average molecular weight is 279 g/mol. The molecule has 0 aliphatic heterocycles. The summed E-state index contributed by atoms with van der Waals surface area (Å²) >= 11 is 0. The highest BCUT2D eigenvalue weighted by atomic mass is 15.3. The van der Waals surface area contributed by atoms with Gasteiger partial charge in [0.2, 0.25) is 0 Å². The van der Waals surface area contributed by atoms with Crippen molar-refractivity contribution in [3.8, 4) is 0 Å². The summed E-state index contributed by atoms with van der Waals surface area (Å²) in [6.45, 7) is 15.5. The molecule has 0 saturated carbocycles. The molecule has 0 spiro atoms. The standard InChI is InChI=1S/C17H33N3/c1-7-10-17(6,13-18-14(4)5)12-16-11-15(8-2)19-20(16)9-3/h11,14,18H,7-10,12-13H2,1-6H3. The van der Waals surface area contributed by atoms with E-state index in [0.717, 1.165) is 25.9 Å². The van der Waals surface area contributed by atoms with Crippen molar-refractivity contribution in [3.63, 3.8) is 0 Å². The first-order chi connectivity index (χ1) is 9.44. The first kappa shape index (κ1) is 17.2. The molecular formula is C17H33N3. The summed E-state index contributed by atoms with van der Waals surface area (Å²) in [5.41, 5.74) is 2.93. The third kappa shape index (κ3) is 4.93. The molecule has 0 bridgehead atoms. The van der Waals surface area contributed by atoms with E-state index in [4.69, 9.17) is 0 Å². The number of rotatable bonds is 9. The normalized spacial score (nSPS) is 14.8. The number of nitrogens with zero attached hydrogens (tertiary/aromatic N) is 2. The maximum Gasteiger partial charge on any atom is 0.0624 e. The zero-order valence-electron chi connectivity index (χ0n) is 14.3. The van der Waals surface area contributed by atoms with Crippen LogP contribution in [0, 0.1) is 5.41 Å². The van der Waals surface area contributed by atoms with Crippen molar-refractivity contribution in [3.05, 3.63) is 17.5 Å². The van der Waals surface area contributed by atoms with Crippen LogP contribution in [0.4, 0.5) is 0 Å². The van der Waals surface area contributed by atoms with Gasteiger partial charge in [-0.15, -0.1) is 0 Å². The molecule has 0 aromatic carbocycles. The molecule has 20 heavy (non-hydrogen) atoms. The lowest BCUT2D eigenvalue weighted by atomic mass is 9.80. The first-order valence-corrected chi connectivity index (χ1v) is 8.23. The van der Waals surface area contributed by atoms with Crippen molar-refractivity contribution in [2.75, 3.05) is 6.54 Å². The second-order valence-electron chi connectivity index (χ2n) is 6.57. The summed E-state index contributed by atoms with van der Waals surface area (Å²) in [5, 5.41) is 8.30. The van der Waals surface area contributed by atoms with Gasteiger partial charge in [-0.2, -0.15) is 5.10 Å². The van der Waals surface area contributed by atoms with Crippen LogP contribution in [0.1, 0.15) is 65.8 Å². The molecule has 0 fully saturated rings. The molecule has 1 heterocycles. The Morgan fingerprint density at radius 2 is 2.00 bits per heavy atom. The largest absolute Gasteiger partial charge is 0.314 e. The summed E-state index contributed by atoms with van der Waals surface area (Å²) < 4.78 is 2.18. The van der Waals surface area contributed by atoms with E-state index in [1.54, 1.807) is 0 Å². The topological polar surface area (TPSA) is 29.9 Å². The molecular weight excluding hydrogens is 246 g/mol. The van der Waals surface area contributed by atoms with Gasteiger partial charge in [0, 0.05) is 24.8 Å². The molecule has 1 N–H and O–H groups in total. The van der Waals surface area contributed by atoms with E-state index >= 15 is 0 Å². The van der Waals surface area contributed by atoms with E-state index in [2.05, 4.69) is 62.7 Å². The third-order valence-corrected chi connectivity index (χ3v) is 3.97. The summed E-state index contributed by atoms with van der Waals surface area (Å²) in [4.78, 5) is 0. The Labute approximate surface area is 125 Å². The van der Waals surface area contributed by atoms with Gasteiger partial charge in [-0.1, -0.05) is 41.0 Å². The fourth-order valence-corrected chi connectivity index (χ4v) is 2.83. The van der Waals surface area contributed by atoms with Crippen LogP contribution in [0.3, 0.4) is 0 Å². The summed E-state index contributed by atoms with van der Waals surface area (Å²) in [5.74, 6) is 0. The van der Waals surface area contributed by atoms with Crippen molar-refractivity contribution in [2.24, 2.45) is 5.41 Å². The Morgan fingerprint density at radius 3 is 2.50 bits per heavy atom. The first-order valence-electron chi connectivity index (χ1n) is 8.23. The van der Waals surface area contributed by atoms with Gasteiger partial charge in [0.15, 0.2) is 0 Å². The molecule has 3 heteroatoms. The molecule has 1 aromatic heterocycles. The highest BCUT2D eigenvalue weighted by Gasteiger charge is 2.25. The van der Waals surface area contributed by atoms with Crippen LogP contribution in [0.2, 0.25) is 0 Å². The highest BCUT2D eigenvalue weighted by molar-refractivity contribution is 5.12. The Morgan fingerprint density at radius 1 is 1.30 bits per heavy atom. The SMILES string of the molecule is CCCC(C)(CNC(C)C)Cc1cc(CC)nn1CC. The van der Waals surface area contributed by atoms with Crippen LogP contribution >= 0.6 is 0 Å². The second-order valence-corrected chi connectivity index (χ2v) is 6.57. The van der Waals surface area contributed by atoms with Gasteiger partial charge in [0.05, 0.1) is 5.69 Å². The van der Waals surface area contributed by atoms with Crippen molar-refractivity contribution in [1.82, 2.24) is 15.1 Å². The van der Waals surface area contributed by atoms with Crippen LogP contribution < -0.4 is 5.32 Å². The Hall–Kier alpha value is -0.830. The fourth-order valence-electron chi connectivity index (χ4n) is 2.83. The minimum atomic E-state index is 0.316. The van der Waals surface area contributed by atoms with Gasteiger partial charge in [0.1, 0.15) is 0 Å². The zero-order chi connectivity index (χ0) is 15.2. The maximum atomic E-state index is 4.68. The van der Waals surface area contributed by atoms with Crippen molar-refractivity contribution in [1.29, 1.82) is 0 Å². The van der Waals surface area contributed by atoms with E-state index < -0.39 is 0 Å². The van der Waals surface area contributed by atoms with Crippen LogP contribution in [0.5, 0.6) is 0 Å². The van der Waals surface area contributed by atoms with Gasteiger partial charge in [-0.25, -0.2) is 0 Å². The molecule has 0 aliphatic carbocycles. The van der Waals surface area contributed by atoms with Crippen molar-refractivity contribution < 1.29 is 0 Å². The van der Waals surface area contributed by atoms with E-state index in [0.29, 0.717) is 11.5 Å². The highest BCUT2D eigenvalue weighted by Crippen LogP contribution is 2.28. The van der Waals surface area contributed by atoms with Crippen molar-refractivity contribution >= 4 is 0 Å². The lowest BCUT2D eigenvalue weighted by molar-refractivity contribution is 0.260. The minimum Gasteiger partial charge on any atom is -0.314 e. The van der Waals surface area contributed by atoms with Gasteiger partial charge < -0.3 is 5.32 Å². The predicted molar refractivity (Wildman–Crippen MR) is 87.1 cm³/mol. The Kier molecular flexibility index (Phi) is 6.74. The molecule has 1 aromatic rings. The summed E-state index contributed by atoms with van der Waals surface area (Å²) in [6.07, 6.45) is 4.62. The second kappa shape index (κ2) is 7.82. The number of hydrogen-bond acceptors (Lipinski definition) is 2. The number of aryl methyl sites for hydroxylation is 2. The van der Waals surface area contributed by atoms with Crippen LogP contribution in [0.25, 0.3) is 0 Å². The third-order valence-electron chi connectivity index (χ3n) is 3.97. The summed E-state index contributed by atoms with van der Waals surface area (Å²) in [6, 6.07) is 2.85. The van der Waals surface area contributed by atoms with E-state index in [1.807, 2.05) is 0 Å². The smallest absolute Gasteiger partial charge is 0.0624 e. The molecule has 1 rings (SSSR count). The average Bonchev–Trinajstić information content (AvgIpc) is 2.79. The van der Waals surface area contributed by atoms with Crippen LogP contribution in [-0.2, 0) is 19.4 Å². The van der Waals surface area contributed by atoms with Gasteiger partial charge in [-0.3, -0.25) is 4.68 Å². The number of aromatic nitrogens is 2. The van der Waals surface area contributed by atoms with Gasteiger partial charge >= 0.3 is 0 Å². The molecule has 0 aliphatic rings. The Balaban J connectivity index is 2.85. The van der Waals surface area contributed by atoms with Gasteiger partial charge in [0.25, 0.3) is 0 Å². The van der Waals surface area contributed by atoms with E-state index in [1.165, 1.54) is 24.2 Å². The predicted octanol–water partition coefficient (Wildman–Crippen LogP) is 3.81. The van der Waals surface area contributed by atoms with E-state index in [9.17, 15) is 0 Å². The molecule has 3 nitrogen and oxygen atoms in total. The number of nitrogens with one attached hydrogen (secondary N) is 1. The Bertz CT molecular complexity index is 395. The zero-order valence-corrected chi connectivity index (χ0v) is 14.3. The van der Waals surface area contributed by atoms with E-state index in [-0.39, 0.29) is 0 Å². The van der Waals surface area contributed by atoms with Crippen molar-refractivity contribution in [2.45, 2.75) is 79.8 Å². The van der Waals surface area contributed by atoms with Gasteiger partial charge in [-0.05, 0) is 37.7 Å². The molecule has 1 atom stereocenters. The lowest BCUT2D eigenvalue weighted by Gasteiger charge is -2.31. The summed E-state index contributed by atoms with van der Waals surface area (Å²) in [7, 11) is 0. The van der Waals surface area contributed by atoms with Crippen LogP contribution in [0.15, 0.2) is 6.07 Å². The lowest BCUT2D eigenvalue weighted by Crippen LogP contribution is -2.37. The maximum absolute atomic E-state index is 4.68. The monoisotopic (exact) mass is 279 g/mol. The fraction of sp³-hybridized carbons (Fsp3) is 0.824.